The predicted octanol–water partition coefficient (Wildman–Crippen LogP) is 3.28. The van der Waals surface area contributed by atoms with Crippen LogP contribution in [0.5, 0.6) is 0 Å². The number of carbonyl (C=O) groups is 1. The van der Waals surface area contributed by atoms with Crippen LogP contribution in [0.3, 0.4) is 0 Å². The fourth-order valence-corrected chi connectivity index (χ4v) is 2.90. The van der Waals surface area contributed by atoms with Gasteiger partial charge in [0, 0.05) is 44.0 Å². The maximum absolute atomic E-state index is 12.8. The molecule has 3 aromatic heterocycles. The molecule has 4 N–H and O–H groups in total. The van der Waals surface area contributed by atoms with E-state index >= 15 is 0 Å². The summed E-state index contributed by atoms with van der Waals surface area (Å²) in [5.41, 5.74) is 1.43. The summed E-state index contributed by atoms with van der Waals surface area (Å²) in [4.78, 5) is 23.4. The summed E-state index contributed by atoms with van der Waals surface area (Å²) in [5, 5.41) is 23.5. The molecule has 8 nitrogen and oxygen atoms in total. The van der Waals surface area contributed by atoms with E-state index in [1.807, 2.05) is 6.07 Å². The zero-order valence-electron chi connectivity index (χ0n) is 22.4. The first-order chi connectivity index (χ1) is 17.2. The third-order valence-corrected chi connectivity index (χ3v) is 4.44. The van der Waals surface area contributed by atoms with Gasteiger partial charge in [0.05, 0.1) is 19.0 Å². The van der Waals surface area contributed by atoms with Crippen molar-refractivity contribution < 1.29 is 19.5 Å². The van der Waals surface area contributed by atoms with Gasteiger partial charge in [0.15, 0.2) is 0 Å². The summed E-state index contributed by atoms with van der Waals surface area (Å²) in [6.45, 7) is -6.86. The van der Waals surface area contributed by atoms with Gasteiger partial charge >= 0.3 is 0 Å². The van der Waals surface area contributed by atoms with Gasteiger partial charge in [-0.1, -0.05) is 17.7 Å². The van der Waals surface area contributed by atoms with Gasteiger partial charge in [0.25, 0.3) is 5.91 Å². The van der Waals surface area contributed by atoms with Crippen LogP contribution >= 0.6 is 11.6 Å². The number of nitrogens with zero attached hydrogens (tertiary/aromatic N) is 3. The summed E-state index contributed by atoms with van der Waals surface area (Å²) in [6, 6.07) is 3.76. The van der Waals surface area contributed by atoms with Gasteiger partial charge in [-0.05, 0) is 37.5 Å². The minimum absolute atomic E-state index is 0.0947. The van der Waals surface area contributed by atoms with Crippen LogP contribution in [-0.2, 0) is 0 Å². The van der Waals surface area contributed by atoms with Crippen molar-refractivity contribution in [2.45, 2.75) is 25.8 Å². The minimum Gasteiger partial charge on any atom is -0.394 e. The molecule has 0 aliphatic carbocycles. The molecule has 0 radical (unpaired) electrons. The number of pyridine rings is 2. The maximum Gasteiger partial charge on any atom is 0.268 e. The molecule has 0 saturated heterocycles. The predicted molar refractivity (Wildman–Crippen MR) is 114 cm³/mol. The number of H-pyrrole nitrogens is 1. The molecule has 30 heavy (non-hydrogen) atoms. The number of hydrogen-bond acceptors (Lipinski definition) is 6. The van der Waals surface area contributed by atoms with Crippen molar-refractivity contribution in [1.82, 2.24) is 20.3 Å². The highest BCUT2D eigenvalue weighted by atomic mass is 35.5. The number of nitrogens with one attached hydrogen (secondary N) is 3. The lowest BCUT2D eigenvalue weighted by molar-refractivity contribution is 0.0911. The third kappa shape index (κ3) is 4.95. The number of rotatable bonds is 7. The second kappa shape index (κ2) is 9.39. The number of hydrogen-bond donors (Lipinski definition) is 4. The Labute approximate surface area is 188 Å². The highest BCUT2D eigenvalue weighted by Crippen LogP contribution is 2.30. The topological polar surface area (TPSA) is 127 Å². The summed E-state index contributed by atoms with van der Waals surface area (Å²) in [7, 11) is 0. The summed E-state index contributed by atoms with van der Waals surface area (Å²) in [5.74, 6) is -0.796. The fraction of sp³-hybridized carbons (Fsp3) is 0.238. The van der Waals surface area contributed by atoms with Crippen molar-refractivity contribution in [3.05, 3.63) is 64.8 Å². The van der Waals surface area contributed by atoms with E-state index in [4.69, 9.17) is 26.5 Å². The molecule has 1 atom stereocenters. The third-order valence-electron chi connectivity index (χ3n) is 4.14. The zero-order chi connectivity index (χ0) is 27.6. The van der Waals surface area contributed by atoms with E-state index in [2.05, 4.69) is 25.6 Å². The SMILES string of the molecule is [2H]C([2H])([2H])C([2H])(Nc1cc(-c2c[nH]c(C(=O)N[C@H](CO)c3ccc(C#N)nc3)c2)c(Cl)cn1)C([2H])([2H])[2H]. The van der Waals surface area contributed by atoms with E-state index < -0.39 is 38.3 Å². The number of anilines is 1. The number of carbonyl (C=O) groups excluding carboxylic acids is 1. The number of aliphatic hydroxyl groups excluding tert-OH is 1. The number of halogens is 1. The Bertz CT molecular complexity index is 1300. The molecule has 3 aromatic rings. The lowest BCUT2D eigenvalue weighted by Crippen LogP contribution is -2.31. The monoisotopic (exact) mass is 431 g/mol. The van der Waals surface area contributed by atoms with Gasteiger partial charge in [-0.15, -0.1) is 0 Å². The number of amides is 1. The van der Waals surface area contributed by atoms with Crippen LogP contribution in [0.1, 0.15) is 51.1 Å². The molecule has 0 aliphatic rings. The molecular weight excluding hydrogens is 404 g/mol. The van der Waals surface area contributed by atoms with E-state index in [0.29, 0.717) is 11.1 Å². The average Bonchev–Trinajstić information content (AvgIpc) is 3.32. The zero-order valence-corrected chi connectivity index (χ0v) is 16.2. The highest BCUT2D eigenvalue weighted by Gasteiger charge is 2.18. The molecule has 0 aromatic carbocycles. The van der Waals surface area contributed by atoms with E-state index in [1.54, 1.807) is 6.07 Å². The van der Waals surface area contributed by atoms with Crippen LogP contribution in [0.2, 0.25) is 5.02 Å². The molecule has 0 fully saturated rings. The van der Waals surface area contributed by atoms with E-state index in [1.165, 1.54) is 30.6 Å². The van der Waals surface area contributed by atoms with Crippen LogP contribution in [0, 0.1) is 11.3 Å². The number of aromatic amines is 1. The Balaban J connectivity index is 1.85. The fourth-order valence-electron chi connectivity index (χ4n) is 2.69. The van der Waals surface area contributed by atoms with Gasteiger partial charge in [0.1, 0.15) is 23.3 Å². The normalized spacial score (nSPS) is 16.4. The molecular formula is C21H21ClN6O2. The van der Waals surface area contributed by atoms with Gasteiger partial charge in [-0.25, -0.2) is 9.97 Å². The minimum atomic E-state index is -3.22. The Hall–Kier alpha value is -3.41. The second-order valence-corrected chi connectivity index (χ2v) is 6.56. The molecule has 3 rings (SSSR count). The Morgan fingerprint density at radius 1 is 1.40 bits per heavy atom. The first-order valence-electron chi connectivity index (χ1n) is 12.1. The van der Waals surface area contributed by atoms with Gasteiger partial charge in [-0.3, -0.25) is 4.79 Å². The van der Waals surface area contributed by atoms with Crippen molar-refractivity contribution in [2.75, 3.05) is 11.9 Å². The van der Waals surface area contributed by atoms with Crippen LogP contribution in [0.25, 0.3) is 11.1 Å². The van der Waals surface area contributed by atoms with E-state index in [-0.39, 0.29) is 27.8 Å². The summed E-state index contributed by atoms with van der Waals surface area (Å²) in [6.07, 6.45) is 3.97. The highest BCUT2D eigenvalue weighted by molar-refractivity contribution is 6.33. The first kappa shape index (κ1) is 13.7. The van der Waals surface area contributed by atoms with Gasteiger partial charge in [-0.2, -0.15) is 5.26 Å². The molecule has 9 heteroatoms. The molecule has 1 amide bonds. The maximum atomic E-state index is 12.8. The molecule has 0 aliphatic heterocycles. The van der Waals surface area contributed by atoms with Crippen LogP contribution in [0.15, 0.2) is 42.9 Å². The largest absolute Gasteiger partial charge is 0.394 e. The second-order valence-electron chi connectivity index (χ2n) is 6.15. The number of aliphatic hydroxyl groups is 1. The van der Waals surface area contributed by atoms with Crippen molar-refractivity contribution >= 4 is 23.3 Å². The lowest BCUT2D eigenvalue weighted by Gasteiger charge is -2.15. The van der Waals surface area contributed by atoms with Crippen molar-refractivity contribution in [1.29, 1.82) is 5.26 Å². The van der Waals surface area contributed by atoms with Gasteiger partial charge in [0.2, 0.25) is 0 Å². The van der Waals surface area contributed by atoms with Crippen molar-refractivity contribution in [3.63, 3.8) is 0 Å². The quantitative estimate of drug-likeness (QED) is 0.454. The van der Waals surface area contributed by atoms with Gasteiger partial charge < -0.3 is 20.7 Å². The van der Waals surface area contributed by atoms with E-state index in [9.17, 15) is 9.90 Å². The average molecular weight is 432 g/mol. The molecule has 3 heterocycles. The molecule has 0 saturated carbocycles. The smallest absolute Gasteiger partial charge is 0.268 e. The number of aromatic nitrogens is 3. The Kier molecular flexibility index (Phi) is 4.30. The Morgan fingerprint density at radius 2 is 2.23 bits per heavy atom. The van der Waals surface area contributed by atoms with Crippen LogP contribution in [0.4, 0.5) is 5.82 Å². The Morgan fingerprint density at radius 3 is 2.90 bits per heavy atom. The molecule has 0 spiro atoms. The standard InChI is InChI=1S/C21H21ClN6O2/c1-12(2)27-20-6-16(17(22)10-26-20)14-5-18(25-9-14)21(30)28-19(11-29)13-3-4-15(7-23)24-8-13/h3-6,8-10,12,19,25,29H,11H2,1-2H3,(H,26,27)(H,28,30)/t19-/m1/s1/i1D3,2D3,12D. The first-order valence-corrected chi connectivity index (χ1v) is 8.98. The van der Waals surface area contributed by atoms with Crippen LogP contribution in [-0.4, -0.2) is 38.6 Å². The summed E-state index contributed by atoms with van der Waals surface area (Å²) >= 11 is 6.25. The molecule has 154 valence electrons. The molecule has 0 bridgehead atoms. The van der Waals surface area contributed by atoms with Crippen molar-refractivity contribution in [2.24, 2.45) is 0 Å². The van der Waals surface area contributed by atoms with Crippen LogP contribution < -0.4 is 10.6 Å². The number of nitriles is 1. The van der Waals surface area contributed by atoms with Crippen molar-refractivity contribution in [3.8, 4) is 17.2 Å². The lowest BCUT2D eigenvalue weighted by atomic mass is 10.1. The molecule has 0 unspecified atom stereocenters. The summed E-state index contributed by atoms with van der Waals surface area (Å²) < 4.78 is 53.4. The van der Waals surface area contributed by atoms with E-state index in [0.717, 1.165) is 6.20 Å².